The fourth-order valence-corrected chi connectivity index (χ4v) is 2.03. The van der Waals surface area contributed by atoms with E-state index in [0.29, 0.717) is 13.1 Å². The van der Waals surface area contributed by atoms with Crippen molar-refractivity contribution in [1.82, 2.24) is 20.1 Å². The first-order valence-electron chi connectivity index (χ1n) is 5.46. The Balaban J connectivity index is 2.32. The first kappa shape index (κ1) is 11.8. The molecule has 0 spiro atoms. The van der Waals surface area contributed by atoms with Crippen LogP contribution in [-0.2, 0) is 0 Å². The number of aromatic amines is 2. The summed E-state index contributed by atoms with van der Waals surface area (Å²) in [6.07, 6.45) is 0. The van der Waals surface area contributed by atoms with Gasteiger partial charge in [0.15, 0.2) is 0 Å². The average molecular weight is 240 g/mol. The minimum absolute atomic E-state index is 0.0354. The summed E-state index contributed by atoms with van der Waals surface area (Å²) in [7, 11) is 2.00. The third-order valence-corrected chi connectivity index (χ3v) is 2.92. The van der Waals surface area contributed by atoms with Gasteiger partial charge in [0.2, 0.25) is 5.82 Å². The molecule has 4 N–H and O–H groups in total. The average Bonchev–Trinajstić information content (AvgIpc) is 2.30. The van der Waals surface area contributed by atoms with Gasteiger partial charge in [0.05, 0.1) is 6.04 Å². The van der Waals surface area contributed by atoms with Crippen LogP contribution in [0.3, 0.4) is 0 Å². The van der Waals surface area contributed by atoms with Crippen molar-refractivity contribution >= 4 is 5.82 Å². The van der Waals surface area contributed by atoms with E-state index in [9.17, 15) is 9.59 Å². The van der Waals surface area contributed by atoms with Gasteiger partial charge in [-0.3, -0.25) is 9.78 Å². The Morgan fingerprint density at radius 2 is 2.24 bits per heavy atom. The molecule has 2 heterocycles. The Morgan fingerprint density at radius 3 is 2.88 bits per heavy atom. The number of H-pyrrole nitrogens is 2. The fourth-order valence-electron chi connectivity index (χ4n) is 2.03. The second-order valence-electron chi connectivity index (χ2n) is 4.18. The molecule has 1 fully saturated rings. The molecular formula is C9H16N6O2. The molecule has 8 nitrogen and oxygen atoms in total. The summed E-state index contributed by atoms with van der Waals surface area (Å²) < 4.78 is 0. The lowest BCUT2D eigenvalue weighted by Gasteiger charge is -2.39. The van der Waals surface area contributed by atoms with Gasteiger partial charge in [0, 0.05) is 26.2 Å². The highest BCUT2D eigenvalue weighted by molar-refractivity contribution is 5.37. The first-order chi connectivity index (χ1) is 8.11. The van der Waals surface area contributed by atoms with Gasteiger partial charge in [-0.2, -0.15) is 0 Å². The van der Waals surface area contributed by atoms with Gasteiger partial charge in [-0.05, 0) is 7.05 Å². The molecule has 1 saturated heterocycles. The third-order valence-electron chi connectivity index (χ3n) is 2.92. The van der Waals surface area contributed by atoms with Crippen LogP contribution < -0.4 is 21.9 Å². The monoisotopic (exact) mass is 240 g/mol. The van der Waals surface area contributed by atoms with E-state index in [2.05, 4.69) is 20.1 Å². The zero-order valence-corrected chi connectivity index (χ0v) is 9.64. The van der Waals surface area contributed by atoms with E-state index < -0.39 is 11.2 Å². The molecule has 1 aliphatic rings. The Kier molecular flexibility index (Phi) is 3.25. The third kappa shape index (κ3) is 2.37. The molecule has 1 atom stereocenters. The molecule has 0 aromatic carbocycles. The van der Waals surface area contributed by atoms with E-state index in [1.165, 1.54) is 0 Å². The summed E-state index contributed by atoms with van der Waals surface area (Å²) in [5, 5.41) is 6.03. The zero-order valence-electron chi connectivity index (χ0n) is 9.64. The lowest BCUT2D eigenvalue weighted by molar-refractivity contribution is 0.268. The van der Waals surface area contributed by atoms with Gasteiger partial charge >= 0.3 is 5.69 Å². The highest BCUT2D eigenvalue weighted by atomic mass is 16.2. The summed E-state index contributed by atoms with van der Waals surface area (Å²) >= 11 is 0. The maximum Gasteiger partial charge on any atom is 0.342 e. The molecule has 0 aliphatic carbocycles. The second-order valence-corrected chi connectivity index (χ2v) is 4.18. The van der Waals surface area contributed by atoms with Crippen LogP contribution >= 0.6 is 0 Å². The van der Waals surface area contributed by atoms with Crippen LogP contribution in [0.15, 0.2) is 9.59 Å². The summed E-state index contributed by atoms with van der Waals surface area (Å²) in [6, 6.07) is 0.0354. The molecule has 1 aromatic rings. The standard InChI is InChI=1S/C9H16N6O2/c1-14-2-3-15(6(4-10)5-14)7-8(16)11-9(17)13-12-7/h6H,2-5,10H2,1H3,(H2,11,13,16,17). The van der Waals surface area contributed by atoms with Crippen molar-refractivity contribution in [2.24, 2.45) is 5.73 Å². The molecule has 0 amide bonds. The highest BCUT2D eigenvalue weighted by Gasteiger charge is 2.27. The second kappa shape index (κ2) is 4.68. The summed E-state index contributed by atoms with van der Waals surface area (Å²) in [5.41, 5.74) is 4.62. The van der Waals surface area contributed by atoms with Crippen molar-refractivity contribution in [3.8, 4) is 0 Å². The number of hydrogen-bond donors (Lipinski definition) is 3. The van der Waals surface area contributed by atoms with E-state index in [4.69, 9.17) is 5.73 Å². The number of nitrogens with one attached hydrogen (secondary N) is 2. The van der Waals surface area contributed by atoms with Crippen LogP contribution in [0.4, 0.5) is 5.82 Å². The highest BCUT2D eigenvalue weighted by Crippen LogP contribution is 2.12. The number of hydrogen-bond acceptors (Lipinski definition) is 6. The van der Waals surface area contributed by atoms with Gasteiger partial charge in [-0.15, -0.1) is 5.10 Å². The minimum atomic E-state index is -0.600. The first-order valence-corrected chi connectivity index (χ1v) is 5.46. The van der Waals surface area contributed by atoms with Crippen LogP contribution in [0.1, 0.15) is 0 Å². The summed E-state index contributed by atoms with van der Waals surface area (Å²) in [5.74, 6) is 0.230. The molecule has 1 aliphatic heterocycles. The maximum absolute atomic E-state index is 11.6. The largest absolute Gasteiger partial charge is 0.344 e. The topological polar surface area (TPSA) is 111 Å². The molecule has 0 bridgehead atoms. The van der Waals surface area contributed by atoms with E-state index >= 15 is 0 Å². The van der Waals surface area contributed by atoms with Gasteiger partial charge in [0.1, 0.15) is 0 Å². The Bertz CT molecular complexity index is 495. The fraction of sp³-hybridized carbons (Fsp3) is 0.667. The zero-order chi connectivity index (χ0) is 12.4. The number of piperazine rings is 1. The van der Waals surface area contributed by atoms with Gasteiger partial charge in [-0.25, -0.2) is 9.89 Å². The molecule has 1 aromatic heterocycles. The van der Waals surface area contributed by atoms with E-state index in [0.717, 1.165) is 13.1 Å². The van der Waals surface area contributed by atoms with Crippen LogP contribution in [-0.4, -0.2) is 59.3 Å². The number of likely N-dealkylation sites (N-methyl/N-ethyl adjacent to an activating group) is 1. The van der Waals surface area contributed by atoms with E-state index in [-0.39, 0.29) is 11.9 Å². The smallest absolute Gasteiger partial charge is 0.342 e. The van der Waals surface area contributed by atoms with Gasteiger partial charge < -0.3 is 15.5 Å². The molecule has 8 heteroatoms. The lowest BCUT2D eigenvalue weighted by Crippen LogP contribution is -2.56. The van der Waals surface area contributed by atoms with Crippen LogP contribution in [0.5, 0.6) is 0 Å². The number of anilines is 1. The molecule has 94 valence electrons. The quantitative estimate of drug-likeness (QED) is 0.528. The molecule has 17 heavy (non-hydrogen) atoms. The van der Waals surface area contributed by atoms with Gasteiger partial charge in [0.25, 0.3) is 5.56 Å². The van der Waals surface area contributed by atoms with E-state index in [1.807, 2.05) is 11.9 Å². The van der Waals surface area contributed by atoms with Crippen molar-refractivity contribution in [2.75, 3.05) is 38.1 Å². The van der Waals surface area contributed by atoms with Crippen LogP contribution in [0.2, 0.25) is 0 Å². The molecule has 0 saturated carbocycles. The maximum atomic E-state index is 11.6. The molecular weight excluding hydrogens is 224 g/mol. The van der Waals surface area contributed by atoms with E-state index in [1.54, 1.807) is 0 Å². The molecule has 1 unspecified atom stereocenters. The molecule has 0 radical (unpaired) electrons. The SMILES string of the molecule is CN1CCN(c2n[nH]c(=O)[nH]c2=O)C(CN)C1. The van der Waals surface area contributed by atoms with Gasteiger partial charge in [-0.1, -0.05) is 0 Å². The number of nitrogens with zero attached hydrogens (tertiary/aromatic N) is 3. The Labute approximate surface area is 97.4 Å². The summed E-state index contributed by atoms with van der Waals surface area (Å²) in [6.45, 7) is 2.71. The van der Waals surface area contributed by atoms with Crippen molar-refractivity contribution in [1.29, 1.82) is 0 Å². The van der Waals surface area contributed by atoms with Crippen molar-refractivity contribution in [2.45, 2.75) is 6.04 Å². The Hall–Kier alpha value is -1.67. The molecule has 2 rings (SSSR count). The number of nitrogens with two attached hydrogens (primary N) is 1. The predicted molar refractivity (Wildman–Crippen MR) is 63.2 cm³/mol. The normalized spacial score (nSPS) is 21.8. The summed E-state index contributed by atoms with van der Waals surface area (Å²) in [4.78, 5) is 28.7. The number of aromatic nitrogens is 3. The van der Waals surface area contributed by atoms with Crippen molar-refractivity contribution in [3.63, 3.8) is 0 Å². The van der Waals surface area contributed by atoms with Crippen molar-refractivity contribution < 1.29 is 0 Å². The Morgan fingerprint density at radius 1 is 1.47 bits per heavy atom. The van der Waals surface area contributed by atoms with Crippen LogP contribution in [0, 0.1) is 0 Å². The lowest BCUT2D eigenvalue weighted by atomic mass is 10.2. The van der Waals surface area contributed by atoms with Crippen molar-refractivity contribution in [3.05, 3.63) is 20.8 Å². The minimum Gasteiger partial charge on any atom is -0.344 e. The number of rotatable bonds is 2. The van der Waals surface area contributed by atoms with Crippen LogP contribution in [0.25, 0.3) is 0 Å². The predicted octanol–water partition coefficient (Wildman–Crippen LogP) is -2.46.